The van der Waals surface area contributed by atoms with Gasteiger partial charge in [-0.25, -0.2) is 4.79 Å². The van der Waals surface area contributed by atoms with Crippen molar-refractivity contribution in [2.24, 2.45) is 0 Å². The van der Waals surface area contributed by atoms with Gasteiger partial charge in [0.05, 0.1) is 18.2 Å². The Morgan fingerprint density at radius 2 is 1.96 bits per heavy atom. The minimum Gasteiger partial charge on any atom is -0.462 e. The first-order chi connectivity index (χ1) is 13.0. The molecule has 0 fully saturated rings. The van der Waals surface area contributed by atoms with Gasteiger partial charge in [-0.15, -0.1) is 11.3 Å². The molecule has 0 amide bonds. The number of nitrogens with one attached hydrogen (secondary N) is 2. The number of thiocarbonyl (C=S) groups is 1. The normalized spacial score (nSPS) is 14.2. The number of rotatable bonds is 5. The van der Waals surface area contributed by atoms with Crippen LogP contribution >= 0.6 is 23.6 Å². The number of anilines is 1. The lowest BCUT2D eigenvalue weighted by molar-refractivity contribution is 0.0526. The summed E-state index contributed by atoms with van der Waals surface area (Å²) in [6.45, 7) is 6.35. The topological polar surface area (TPSA) is 50.4 Å². The molecular weight excluding hydrogens is 376 g/mol. The summed E-state index contributed by atoms with van der Waals surface area (Å²) < 4.78 is 5.30. The highest BCUT2D eigenvalue weighted by Gasteiger charge is 2.26. The van der Waals surface area contributed by atoms with Gasteiger partial charge >= 0.3 is 5.97 Å². The van der Waals surface area contributed by atoms with E-state index in [1.54, 1.807) is 11.3 Å². The molecule has 6 heteroatoms. The summed E-state index contributed by atoms with van der Waals surface area (Å²) in [6, 6.07) is 8.46. The minimum atomic E-state index is -0.256. The zero-order chi connectivity index (χ0) is 19.4. The maximum absolute atomic E-state index is 12.5. The molecule has 2 aromatic rings. The Morgan fingerprint density at radius 3 is 2.67 bits per heavy atom. The van der Waals surface area contributed by atoms with E-state index in [1.165, 1.54) is 22.4 Å². The SMILES string of the molecule is CCOC(=O)c1c(NC(=S)NC(C)c2ccc(C)cc2)sc2c1CCCC2. The number of hydrogen-bond acceptors (Lipinski definition) is 4. The molecule has 1 aliphatic carbocycles. The summed E-state index contributed by atoms with van der Waals surface area (Å²) in [4.78, 5) is 13.8. The van der Waals surface area contributed by atoms with Crippen LogP contribution in [0.5, 0.6) is 0 Å². The first-order valence-electron chi connectivity index (χ1n) is 9.45. The van der Waals surface area contributed by atoms with Crippen LogP contribution in [-0.2, 0) is 17.6 Å². The number of ether oxygens (including phenoxy) is 1. The lowest BCUT2D eigenvalue weighted by Gasteiger charge is -2.17. The smallest absolute Gasteiger partial charge is 0.341 e. The largest absolute Gasteiger partial charge is 0.462 e. The number of carbonyl (C=O) groups excluding carboxylic acids is 1. The van der Waals surface area contributed by atoms with Crippen LogP contribution in [0.3, 0.4) is 0 Å². The van der Waals surface area contributed by atoms with Crippen molar-refractivity contribution >= 4 is 39.6 Å². The lowest BCUT2D eigenvalue weighted by atomic mass is 9.95. The maximum Gasteiger partial charge on any atom is 0.341 e. The molecule has 1 atom stereocenters. The molecule has 0 spiro atoms. The molecule has 27 heavy (non-hydrogen) atoms. The van der Waals surface area contributed by atoms with Crippen molar-refractivity contribution in [3.8, 4) is 0 Å². The quantitative estimate of drug-likeness (QED) is 0.534. The second-order valence-electron chi connectivity index (χ2n) is 6.87. The van der Waals surface area contributed by atoms with Gasteiger partial charge in [0.1, 0.15) is 5.00 Å². The van der Waals surface area contributed by atoms with E-state index in [9.17, 15) is 4.79 Å². The van der Waals surface area contributed by atoms with Gasteiger partial charge in [0.15, 0.2) is 5.11 Å². The standard InChI is InChI=1S/C21H26N2O2S2/c1-4-25-20(24)18-16-7-5-6-8-17(16)27-19(18)23-21(26)22-14(3)15-11-9-13(2)10-12-15/h9-12,14H,4-8H2,1-3H3,(H2,22,23,26). The van der Waals surface area contributed by atoms with Crippen molar-refractivity contribution in [3.05, 3.63) is 51.4 Å². The number of aryl methyl sites for hydroxylation is 2. The molecule has 2 N–H and O–H groups in total. The Labute approximate surface area is 170 Å². The molecule has 1 unspecified atom stereocenters. The number of benzene rings is 1. The van der Waals surface area contributed by atoms with Gasteiger partial charge in [-0.05, 0) is 69.8 Å². The molecule has 3 rings (SSSR count). The Kier molecular flexibility index (Phi) is 6.50. The number of esters is 1. The van der Waals surface area contributed by atoms with E-state index < -0.39 is 0 Å². The van der Waals surface area contributed by atoms with Crippen LogP contribution in [0.4, 0.5) is 5.00 Å². The Balaban J connectivity index is 1.76. The molecular formula is C21H26N2O2S2. The Morgan fingerprint density at radius 1 is 1.26 bits per heavy atom. The van der Waals surface area contributed by atoms with E-state index in [2.05, 4.69) is 48.7 Å². The van der Waals surface area contributed by atoms with E-state index in [0.717, 1.165) is 29.8 Å². The summed E-state index contributed by atoms with van der Waals surface area (Å²) in [5.41, 5.74) is 4.21. The number of thiophene rings is 1. The highest BCUT2D eigenvalue weighted by atomic mass is 32.1. The zero-order valence-corrected chi connectivity index (χ0v) is 17.7. The fraction of sp³-hybridized carbons (Fsp3) is 0.429. The molecule has 1 heterocycles. The third kappa shape index (κ3) is 4.68. The first kappa shape index (κ1) is 19.8. The number of fused-ring (bicyclic) bond motifs is 1. The molecule has 1 aliphatic rings. The van der Waals surface area contributed by atoms with E-state index in [4.69, 9.17) is 17.0 Å². The fourth-order valence-electron chi connectivity index (χ4n) is 3.35. The number of carbonyl (C=O) groups is 1. The summed E-state index contributed by atoms with van der Waals surface area (Å²) in [7, 11) is 0. The van der Waals surface area contributed by atoms with Crippen LogP contribution in [0.15, 0.2) is 24.3 Å². The van der Waals surface area contributed by atoms with Gasteiger partial charge in [-0.3, -0.25) is 0 Å². The average molecular weight is 403 g/mol. The molecule has 1 aromatic heterocycles. The second-order valence-corrected chi connectivity index (χ2v) is 8.38. The van der Waals surface area contributed by atoms with E-state index in [1.807, 2.05) is 6.92 Å². The van der Waals surface area contributed by atoms with Crippen LogP contribution in [0.1, 0.15) is 64.7 Å². The van der Waals surface area contributed by atoms with E-state index in [0.29, 0.717) is 17.3 Å². The molecule has 0 saturated carbocycles. The van der Waals surface area contributed by atoms with Gasteiger partial charge in [-0.1, -0.05) is 29.8 Å². The third-order valence-electron chi connectivity index (χ3n) is 4.80. The average Bonchev–Trinajstić information content (AvgIpc) is 3.00. The Bertz CT molecular complexity index is 827. The molecule has 0 radical (unpaired) electrons. The van der Waals surface area contributed by atoms with E-state index >= 15 is 0 Å². The first-order valence-corrected chi connectivity index (χ1v) is 10.7. The van der Waals surface area contributed by atoms with Crippen molar-refractivity contribution in [1.29, 1.82) is 0 Å². The van der Waals surface area contributed by atoms with Crippen molar-refractivity contribution in [2.75, 3.05) is 11.9 Å². The predicted molar refractivity (Wildman–Crippen MR) is 116 cm³/mol. The summed E-state index contributed by atoms with van der Waals surface area (Å²) in [6.07, 6.45) is 4.24. The molecule has 0 bridgehead atoms. The van der Waals surface area contributed by atoms with Crippen molar-refractivity contribution < 1.29 is 9.53 Å². The zero-order valence-electron chi connectivity index (χ0n) is 16.1. The molecule has 0 aliphatic heterocycles. The van der Waals surface area contributed by atoms with Crippen molar-refractivity contribution in [2.45, 2.75) is 52.5 Å². The highest BCUT2D eigenvalue weighted by Crippen LogP contribution is 2.38. The van der Waals surface area contributed by atoms with Crippen LogP contribution in [-0.4, -0.2) is 17.7 Å². The van der Waals surface area contributed by atoms with Crippen LogP contribution < -0.4 is 10.6 Å². The van der Waals surface area contributed by atoms with Crippen LogP contribution in [0.2, 0.25) is 0 Å². The predicted octanol–water partition coefficient (Wildman–Crippen LogP) is 5.16. The molecule has 4 nitrogen and oxygen atoms in total. The maximum atomic E-state index is 12.5. The van der Waals surface area contributed by atoms with Crippen molar-refractivity contribution in [3.63, 3.8) is 0 Å². The second kappa shape index (κ2) is 8.85. The van der Waals surface area contributed by atoms with Gasteiger partial charge in [0.2, 0.25) is 0 Å². The van der Waals surface area contributed by atoms with Crippen LogP contribution in [0, 0.1) is 6.92 Å². The Hall–Kier alpha value is -1.92. The molecule has 1 aromatic carbocycles. The van der Waals surface area contributed by atoms with Crippen molar-refractivity contribution in [1.82, 2.24) is 5.32 Å². The van der Waals surface area contributed by atoms with Gasteiger partial charge in [0.25, 0.3) is 0 Å². The van der Waals surface area contributed by atoms with Gasteiger partial charge < -0.3 is 15.4 Å². The van der Waals surface area contributed by atoms with E-state index in [-0.39, 0.29) is 12.0 Å². The lowest BCUT2D eigenvalue weighted by Crippen LogP contribution is -2.31. The van der Waals surface area contributed by atoms with Gasteiger partial charge in [-0.2, -0.15) is 0 Å². The summed E-state index contributed by atoms with van der Waals surface area (Å²) in [5.74, 6) is -0.256. The monoisotopic (exact) mass is 402 g/mol. The third-order valence-corrected chi connectivity index (χ3v) is 6.23. The fourth-order valence-corrected chi connectivity index (χ4v) is 4.97. The van der Waals surface area contributed by atoms with Crippen LogP contribution in [0.25, 0.3) is 0 Å². The molecule has 0 saturated heterocycles. The molecule has 144 valence electrons. The summed E-state index contributed by atoms with van der Waals surface area (Å²) in [5, 5.41) is 7.90. The minimum absolute atomic E-state index is 0.0752. The number of hydrogen-bond donors (Lipinski definition) is 2. The highest BCUT2D eigenvalue weighted by molar-refractivity contribution is 7.80. The van der Waals surface area contributed by atoms with Gasteiger partial charge in [0, 0.05) is 4.88 Å². The summed E-state index contributed by atoms with van der Waals surface area (Å²) >= 11 is 7.15.